The van der Waals surface area contributed by atoms with Crippen molar-refractivity contribution in [2.75, 3.05) is 19.5 Å². The number of amides is 1. The van der Waals surface area contributed by atoms with Crippen LogP contribution in [0.15, 0.2) is 12.1 Å². The first-order valence-corrected chi connectivity index (χ1v) is 5.52. The van der Waals surface area contributed by atoms with Gasteiger partial charge in [-0.15, -0.1) is 0 Å². The largest absolute Gasteiger partial charge is 0.308 e. The van der Waals surface area contributed by atoms with Gasteiger partial charge in [-0.05, 0) is 18.6 Å². The highest BCUT2D eigenvalue weighted by atomic mass is 16.2. The van der Waals surface area contributed by atoms with E-state index in [4.69, 9.17) is 5.84 Å². The smallest absolute Gasteiger partial charge is 0.265 e. The predicted octanol–water partition coefficient (Wildman–Crippen LogP) is 0.526. The van der Waals surface area contributed by atoms with Gasteiger partial charge in [0.05, 0.1) is 0 Å². The molecule has 6 heteroatoms. The number of aromatic nitrogens is 1. The number of hydrogen-bond acceptors (Lipinski definition) is 5. The monoisotopic (exact) mass is 237 g/mol. The van der Waals surface area contributed by atoms with Crippen LogP contribution in [0.25, 0.3) is 0 Å². The van der Waals surface area contributed by atoms with Crippen molar-refractivity contribution in [1.29, 1.82) is 0 Å². The number of carbonyl (C=O) groups excluding carboxylic acids is 1. The van der Waals surface area contributed by atoms with Crippen molar-refractivity contribution >= 4 is 11.7 Å². The highest BCUT2D eigenvalue weighted by Gasteiger charge is 2.09. The van der Waals surface area contributed by atoms with Gasteiger partial charge in [-0.1, -0.05) is 13.3 Å². The van der Waals surface area contributed by atoms with Crippen LogP contribution in [0.4, 0.5) is 5.82 Å². The van der Waals surface area contributed by atoms with Crippen LogP contribution in [0.2, 0.25) is 0 Å². The Hall–Kier alpha value is -1.66. The summed E-state index contributed by atoms with van der Waals surface area (Å²) in [7, 11) is 3.52. The summed E-state index contributed by atoms with van der Waals surface area (Å²) in [6.45, 7) is 2.06. The van der Waals surface area contributed by atoms with Crippen LogP contribution in [-0.4, -0.2) is 30.0 Å². The molecule has 4 N–H and O–H groups in total. The lowest BCUT2D eigenvalue weighted by atomic mass is 10.1. The lowest BCUT2D eigenvalue weighted by molar-refractivity contribution is 0.0856. The number of anilines is 1. The van der Waals surface area contributed by atoms with E-state index in [9.17, 15) is 4.79 Å². The van der Waals surface area contributed by atoms with Crippen molar-refractivity contribution in [3.63, 3.8) is 0 Å². The molecule has 1 heterocycles. The topological polar surface area (TPSA) is 83.3 Å². The van der Waals surface area contributed by atoms with Gasteiger partial charge in [-0.3, -0.25) is 10.2 Å². The van der Waals surface area contributed by atoms with Crippen molar-refractivity contribution in [3.8, 4) is 0 Å². The summed E-state index contributed by atoms with van der Waals surface area (Å²) in [5.74, 6) is 5.66. The minimum atomic E-state index is -0.175. The summed E-state index contributed by atoms with van der Waals surface area (Å²) in [6.07, 6.45) is 1.79. The minimum absolute atomic E-state index is 0.175. The first-order chi connectivity index (χ1) is 8.06. The zero-order chi connectivity index (χ0) is 12.8. The van der Waals surface area contributed by atoms with Crippen molar-refractivity contribution in [2.24, 2.45) is 5.84 Å². The summed E-state index contributed by atoms with van der Waals surface area (Å²) in [5.41, 5.74) is 6.55. The fourth-order valence-corrected chi connectivity index (χ4v) is 1.44. The number of nitrogen functional groups attached to an aromatic ring is 1. The van der Waals surface area contributed by atoms with E-state index in [1.807, 2.05) is 0 Å². The second-order valence-corrected chi connectivity index (χ2v) is 3.96. The SMILES string of the molecule is CCCc1cc(C(=O)NN(C)C)cc(NN)n1. The molecular weight excluding hydrogens is 218 g/mol. The number of hydrogen-bond donors (Lipinski definition) is 3. The van der Waals surface area contributed by atoms with Crippen LogP contribution in [0.1, 0.15) is 29.4 Å². The third-order valence-corrected chi connectivity index (χ3v) is 2.12. The molecule has 0 spiro atoms. The minimum Gasteiger partial charge on any atom is -0.308 e. The number of carbonyl (C=O) groups is 1. The van der Waals surface area contributed by atoms with Crippen molar-refractivity contribution in [3.05, 3.63) is 23.4 Å². The fourth-order valence-electron chi connectivity index (χ4n) is 1.44. The first kappa shape index (κ1) is 13.4. The number of rotatable bonds is 5. The van der Waals surface area contributed by atoms with Gasteiger partial charge in [0, 0.05) is 25.4 Å². The molecule has 0 radical (unpaired) electrons. The molecule has 17 heavy (non-hydrogen) atoms. The molecule has 0 fully saturated rings. The summed E-state index contributed by atoms with van der Waals surface area (Å²) >= 11 is 0. The second-order valence-electron chi connectivity index (χ2n) is 3.96. The van der Waals surface area contributed by atoms with Crippen molar-refractivity contribution in [2.45, 2.75) is 19.8 Å². The third kappa shape index (κ3) is 4.01. The van der Waals surface area contributed by atoms with Crippen LogP contribution in [-0.2, 0) is 6.42 Å². The van der Waals surface area contributed by atoms with Gasteiger partial charge in [-0.25, -0.2) is 15.8 Å². The van der Waals surface area contributed by atoms with E-state index in [0.717, 1.165) is 18.5 Å². The quantitative estimate of drug-likeness (QED) is 0.514. The van der Waals surface area contributed by atoms with E-state index in [1.54, 1.807) is 31.2 Å². The van der Waals surface area contributed by atoms with Crippen LogP contribution in [0.5, 0.6) is 0 Å². The zero-order valence-electron chi connectivity index (χ0n) is 10.4. The van der Waals surface area contributed by atoms with E-state index in [1.165, 1.54) is 0 Å². The molecule has 0 aliphatic carbocycles. The Morgan fingerprint density at radius 3 is 2.71 bits per heavy atom. The average molecular weight is 237 g/mol. The Bertz CT molecular complexity index is 391. The zero-order valence-corrected chi connectivity index (χ0v) is 10.4. The molecule has 94 valence electrons. The average Bonchev–Trinajstić information content (AvgIpc) is 2.28. The Morgan fingerprint density at radius 2 is 2.18 bits per heavy atom. The molecule has 1 amide bonds. The maximum atomic E-state index is 11.8. The number of hydrazine groups is 2. The molecule has 0 aliphatic rings. The summed E-state index contributed by atoms with van der Waals surface area (Å²) in [5, 5.41) is 1.60. The molecule has 0 aliphatic heterocycles. The lowest BCUT2D eigenvalue weighted by Gasteiger charge is -2.13. The highest BCUT2D eigenvalue weighted by Crippen LogP contribution is 2.11. The van der Waals surface area contributed by atoms with E-state index in [0.29, 0.717) is 11.4 Å². The summed E-state index contributed by atoms with van der Waals surface area (Å²) < 4.78 is 0. The predicted molar refractivity (Wildman–Crippen MR) is 67.2 cm³/mol. The van der Waals surface area contributed by atoms with Crippen LogP contribution in [0.3, 0.4) is 0 Å². The molecule has 0 saturated heterocycles. The Kier molecular flexibility index (Phi) is 4.86. The molecular formula is C11H19N5O. The Labute approximate surface area is 101 Å². The number of pyridine rings is 1. The molecule has 1 aromatic heterocycles. The maximum absolute atomic E-state index is 11.8. The fraction of sp³-hybridized carbons (Fsp3) is 0.455. The summed E-state index contributed by atoms with van der Waals surface area (Å²) in [4.78, 5) is 16.1. The standard InChI is InChI=1S/C11H19N5O/c1-4-5-9-6-8(7-10(13-9)14-12)11(17)15-16(2)3/h6-7H,4-5,12H2,1-3H3,(H,13,14)(H,15,17). The molecule has 0 atom stereocenters. The maximum Gasteiger partial charge on any atom is 0.265 e. The number of nitrogens with zero attached hydrogens (tertiary/aromatic N) is 2. The van der Waals surface area contributed by atoms with Gasteiger partial charge < -0.3 is 5.43 Å². The molecule has 0 unspecified atom stereocenters. The van der Waals surface area contributed by atoms with Crippen molar-refractivity contribution in [1.82, 2.24) is 15.4 Å². The number of aryl methyl sites for hydroxylation is 1. The molecule has 1 aromatic rings. The van der Waals surface area contributed by atoms with Gasteiger partial charge in [0.15, 0.2) is 0 Å². The highest BCUT2D eigenvalue weighted by molar-refractivity contribution is 5.94. The summed E-state index contributed by atoms with van der Waals surface area (Å²) in [6, 6.07) is 3.40. The van der Waals surface area contributed by atoms with E-state index in [2.05, 4.69) is 22.8 Å². The lowest BCUT2D eigenvalue weighted by Crippen LogP contribution is -2.36. The molecule has 0 bridgehead atoms. The van der Waals surface area contributed by atoms with Crippen LogP contribution >= 0.6 is 0 Å². The second kappa shape index (κ2) is 6.17. The molecule has 0 saturated carbocycles. The Balaban J connectivity index is 2.97. The normalized spacial score (nSPS) is 10.4. The van der Waals surface area contributed by atoms with Crippen LogP contribution < -0.4 is 16.7 Å². The van der Waals surface area contributed by atoms with Gasteiger partial charge in [0.25, 0.3) is 5.91 Å². The number of nitrogens with one attached hydrogen (secondary N) is 2. The van der Waals surface area contributed by atoms with Crippen LogP contribution in [0, 0.1) is 0 Å². The van der Waals surface area contributed by atoms with Crippen molar-refractivity contribution < 1.29 is 4.79 Å². The van der Waals surface area contributed by atoms with E-state index >= 15 is 0 Å². The van der Waals surface area contributed by atoms with E-state index in [-0.39, 0.29) is 5.91 Å². The van der Waals surface area contributed by atoms with Gasteiger partial charge in [0.1, 0.15) is 5.82 Å². The number of nitrogens with two attached hydrogens (primary N) is 1. The van der Waals surface area contributed by atoms with Gasteiger partial charge >= 0.3 is 0 Å². The Morgan fingerprint density at radius 1 is 1.47 bits per heavy atom. The third-order valence-electron chi connectivity index (χ3n) is 2.12. The van der Waals surface area contributed by atoms with Gasteiger partial charge in [0.2, 0.25) is 0 Å². The first-order valence-electron chi connectivity index (χ1n) is 5.52. The van der Waals surface area contributed by atoms with Gasteiger partial charge in [-0.2, -0.15) is 0 Å². The molecule has 0 aromatic carbocycles. The molecule has 1 rings (SSSR count). The van der Waals surface area contributed by atoms with E-state index < -0.39 is 0 Å². The molecule has 6 nitrogen and oxygen atoms in total.